The van der Waals surface area contributed by atoms with Crippen LogP contribution in [0.3, 0.4) is 0 Å². The van der Waals surface area contributed by atoms with Crippen LogP contribution in [0.5, 0.6) is 0 Å². The van der Waals surface area contributed by atoms with Crippen LogP contribution in [0, 0.1) is 17.6 Å². The van der Waals surface area contributed by atoms with E-state index in [-0.39, 0.29) is 23.4 Å². The summed E-state index contributed by atoms with van der Waals surface area (Å²) in [5.74, 6) is -1.93. The minimum Gasteiger partial charge on any atom is -0.347 e. The largest absolute Gasteiger partial charge is 0.347 e. The van der Waals surface area contributed by atoms with E-state index >= 15 is 0 Å². The van der Waals surface area contributed by atoms with Gasteiger partial charge in [-0.1, -0.05) is 11.3 Å². The van der Waals surface area contributed by atoms with E-state index in [9.17, 15) is 18.4 Å². The van der Waals surface area contributed by atoms with Gasteiger partial charge in [-0.15, -0.1) is 10.2 Å². The number of piperidine rings is 1. The predicted molar refractivity (Wildman–Crippen MR) is 101 cm³/mol. The first-order valence-corrected chi connectivity index (χ1v) is 9.97. The number of carbonyl (C=O) groups is 2. The van der Waals surface area contributed by atoms with Crippen LogP contribution in [0.25, 0.3) is 0 Å². The van der Waals surface area contributed by atoms with E-state index in [1.807, 2.05) is 4.90 Å². The van der Waals surface area contributed by atoms with Gasteiger partial charge < -0.3 is 10.2 Å². The van der Waals surface area contributed by atoms with Crippen LogP contribution in [-0.4, -0.2) is 41.6 Å². The van der Waals surface area contributed by atoms with Gasteiger partial charge in [-0.05, 0) is 31.4 Å². The molecule has 2 aliphatic rings. The van der Waals surface area contributed by atoms with Gasteiger partial charge in [-0.25, -0.2) is 8.78 Å². The second-order valence-corrected chi connectivity index (χ2v) is 7.83. The van der Waals surface area contributed by atoms with Gasteiger partial charge in [0.25, 0.3) is 0 Å². The highest BCUT2D eigenvalue weighted by molar-refractivity contribution is 7.19. The lowest BCUT2D eigenvalue weighted by Gasteiger charge is -2.30. The van der Waals surface area contributed by atoms with Gasteiger partial charge in [0.2, 0.25) is 22.1 Å². The molecule has 0 aliphatic carbocycles. The summed E-state index contributed by atoms with van der Waals surface area (Å²) < 4.78 is 26.7. The van der Waals surface area contributed by atoms with Gasteiger partial charge in [0.15, 0.2) is 0 Å². The number of benzene rings is 1. The SMILES string of the molecule is O=C(Nc1ccc(F)cc1F)C1CCN(c2nnc(N3CCCC3=O)s2)CC1. The van der Waals surface area contributed by atoms with Crippen molar-refractivity contribution < 1.29 is 18.4 Å². The van der Waals surface area contributed by atoms with Crippen molar-refractivity contribution in [2.24, 2.45) is 5.92 Å². The molecule has 0 spiro atoms. The number of hydrogen-bond donors (Lipinski definition) is 1. The van der Waals surface area contributed by atoms with E-state index in [4.69, 9.17) is 0 Å². The topological polar surface area (TPSA) is 78.4 Å². The quantitative estimate of drug-likeness (QED) is 0.843. The van der Waals surface area contributed by atoms with Crippen molar-refractivity contribution in [1.29, 1.82) is 0 Å². The molecule has 0 unspecified atom stereocenters. The molecule has 148 valence electrons. The zero-order chi connectivity index (χ0) is 19.7. The summed E-state index contributed by atoms with van der Waals surface area (Å²) in [5.41, 5.74) is -0.0159. The van der Waals surface area contributed by atoms with Crippen LogP contribution in [0.1, 0.15) is 25.7 Å². The number of anilines is 3. The maximum absolute atomic E-state index is 13.7. The number of nitrogens with one attached hydrogen (secondary N) is 1. The maximum Gasteiger partial charge on any atom is 0.228 e. The summed E-state index contributed by atoms with van der Waals surface area (Å²) in [4.78, 5) is 27.9. The Morgan fingerprint density at radius 3 is 2.57 bits per heavy atom. The van der Waals surface area contributed by atoms with Crippen LogP contribution in [0.15, 0.2) is 18.2 Å². The molecule has 28 heavy (non-hydrogen) atoms. The molecule has 0 bridgehead atoms. The third-order valence-electron chi connectivity index (χ3n) is 5.03. The monoisotopic (exact) mass is 407 g/mol. The number of halogens is 2. The average Bonchev–Trinajstić information content (AvgIpc) is 3.33. The Hall–Kier alpha value is -2.62. The third-order valence-corrected chi connectivity index (χ3v) is 6.04. The molecule has 1 aromatic heterocycles. The second kappa shape index (κ2) is 7.78. The van der Waals surface area contributed by atoms with Gasteiger partial charge in [-0.2, -0.15) is 0 Å². The molecule has 7 nitrogen and oxygen atoms in total. The molecule has 1 N–H and O–H groups in total. The lowest BCUT2D eigenvalue weighted by molar-refractivity contribution is -0.120. The lowest BCUT2D eigenvalue weighted by Crippen LogP contribution is -2.38. The fourth-order valence-corrected chi connectivity index (χ4v) is 4.40. The number of nitrogens with zero attached hydrogens (tertiary/aromatic N) is 4. The van der Waals surface area contributed by atoms with Crippen molar-refractivity contribution in [1.82, 2.24) is 10.2 Å². The standard InChI is InChI=1S/C18H19F2N5O2S/c19-12-3-4-14(13(20)10-12)21-16(27)11-5-8-24(9-6-11)17-22-23-18(28-17)25-7-1-2-15(25)26/h3-4,10-11H,1-2,5-9H2,(H,21,27). The van der Waals surface area contributed by atoms with Crippen molar-refractivity contribution >= 4 is 39.1 Å². The Bertz CT molecular complexity index is 898. The van der Waals surface area contributed by atoms with Crippen LogP contribution < -0.4 is 15.1 Å². The number of amides is 2. The fraction of sp³-hybridized carbons (Fsp3) is 0.444. The first kappa shape index (κ1) is 18.7. The Balaban J connectivity index is 1.33. The Kier molecular flexibility index (Phi) is 5.21. The summed E-state index contributed by atoms with van der Waals surface area (Å²) in [7, 11) is 0. The van der Waals surface area contributed by atoms with E-state index in [0.29, 0.717) is 44.0 Å². The summed E-state index contributed by atoms with van der Waals surface area (Å²) in [5, 5.41) is 12.2. The van der Waals surface area contributed by atoms with Crippen molar-refractivity contribution in [3.05, 3.63) is 29.8 Å². The molecule has 3 heterocycles. The molecule has 1 aromatic carbocycles. The molecule has 0 atom stereocenters. The number of hydrogen-bond acceptors (Lipinski definition) is 6. The molecule has 2 saturated heterocycles. The lowest BCUT2D eigenvalue weighted by atomic mass is 9.96. The number of rotatable bonds is 4. The normalized spacial score (nSPS) is 18.0. The van der Waals surface area contributed by atoms with Gasteiger partial charge in [-0.3, -0.25) is 14.5 Å². The Morgan fingerprint density at radius 2 is 1.89 bits per heavy atom. The van der Waals surface area contributed by atoms with Crippen molar-refractivity contribution in [3.8, 4) is 0 Å². The minimum atomic E-state index is -0.788. The Labute approximate surface area is 164 Å². The molecule has 2 aromatic rings. The van der Waals surface area contributed by atoms with Crippen molar-refractivity contribution in [3.63, 3.8) is 0 Å². The highest BCUT2D eigenvalue weighted by Gasteiger charge is 2.29. The summed E-state index contributed by atoms with van der Waals surface area (Å²) in [6, 6.07) is 3.08. The summed E-state index contributed by atoms with van der Waals surface area (Å²) in [6.07, 6.45) is 2.56. The first-order chi connectivity index (χ1) is 13.5. The summed E-state index contributed by atoms with van der Waals surface area (Å²) in [6.45, 7) is 1.91. The molecule has 10 heteroatoms. The molecule has 0 saturated carbocycles. The molecule has 2 amide bonds. The van der Waals surface area contributed by atoms with Crippen LogP contribution in [-0.2, 0) is 9.59 Å². The van der Waals surface area contributed by atoms with E-state index in [0.717, 1.165) is 23.7 Å². The zero-order valence-corrected chi connectivity index (χ0v) is 15.8. The van der Waals surface area contributed by atoms with E-state index in [1.165, 1.54) is 17.4 Å². The Morgan fingerprint density at radius 1 is 1.14 bits per heavy atom. The van der Waals surface area contributed by atoms with Gasteiger partial charge >= 0.3 is 0 Å². The molecule has 2 aliphatic heterocycles. The van der Waals surface area contributed by atoms with E-state index in [1.54, 1.807) is 4.90 Å². The van der Waals surface area contributed by atoms with Gasteiger partial charge in [0.05, 0.1) is 5.69 Å². The molecule has 4 rings (SSSR count). The zero-order valence-electron chi connectivity index (χ0n) is 15.0. The molecule has 2 fully saturated rings. The third kappa shape index (κ3) is 3.82. The van der Waals surface area contributed by atoms with Crippen molar-refractivity contribution in [2.45, 2.75) is 25.7 Å². The summed E-state index contributed by atoms with van der Waals surface area (Å²) >= 11 is 1.38. The predicted octanol–water partition coefficient (Wildman–Crippen LogP) is 2.80. The van der Waals surface area contributed by atoms with Crippen LogP contribution in [0.2, 0.25) is 0 Å². The van der Waals surface area contributed by atoms with Gasteiger partial charge in [0, 0.05) is 38.0 Å². The molecular weight excluding hydrogens is 388 g/mol. The maximum atomic E-state index is 13.7. The van der Waals surface area contributed by atoms with Gasteiger partial charge in [0.1, 0.15) is 11.6 Å². The smallest absolute Gasteiger partial charge is 0.228 e. The highest BCUT2D eigenvalue weighted by Crippen LogP contribution is 2.32. The highest BCUT2D eigenvalue weighted by atomic mass is 32.1. The number of aromatic nitrogens is 2. The van der Waals surface area contributed by atoms with E-state index < -0.39 is 11.6 Å². The van der Waals surface area contributed by atoms with Crippen LogP contribution in [0.4, 0.5) is 24.7 Å². The molecule has 0 radical (unpaired) electrons. The average molecular weight is 407 g/mol. The van der Waals surface area contributed by atoms with E-state index in [2.05, 4.69) is 15.5 Å². The second-order valence-electron chi connectivity index (χ2n) is 6.89. The molecular formula is C18H19F2N5O2S. The first-order valence-electron chi connectivity index (χ1n) is 9.16. The number of carbonyl (C=O) groups excluding carboxylic acids is 2. The fourth-order valence-electron chi connectivity index (χ4n) is 3.45. The van der Waals surface area contributed by atoms with Crippen LogP contribution >= 0.6 is 11.3 Å². The minimum absolute atomic E-state index is 0.0159. The van der Waals surface area contributed by atoms with Crippen molar-refractivity contribution in [2.75, 3.05) is 34.8 Å².